The van der Waals surface area contributed by atoms with Gasteiger partial charge in [-0.3, -0.25) is 9.59 Å². The maximum atomic E-state index is 11.4. The zero-order chi connectivity index (χ0) is 33.4. The van der Waals surface area contributed by atoms with Gasteiger partial charge in [-0.15, -0.1) is 0 Å². The Morgan fingerprint density at radius 3 is 1.80 bits per heavy atom. The molecule has 11 atom stereocenters. The summed E-state index contributed by atoms with van der Waals surface area (Å²) < 4.78 is 27.2. The molecular weight excluding hydrogens is 600 g/mol. The van der Waals surface area contributed by atoms with E-state index in [1.54, 1.807) is 0 Å². The summed E-state index contributed by atoms with van der Waals surface area (Å²) in [6.07, 6.45) is -4.51. The topological polar surface area (TPSA) is 242 Å². The molecule has 0 saturated carbocycles. The maximum Gasteiger partial charge on any atom is 0.303 e. The third kappa shape index (κ3) is 14.0. The Hall–Kier alpha value is -1.50. The van der Waals surface area contributed by atoms with Gasteiger partial charge in [-0.25, -0.2) is 0 Å². The van der Waals surface area contributed by atoms with Crippen LogP contribution >= 0.6 is 0 Å². The first kappa shape index (κ1) is 39.7. The molecule has 15 nitrogen and oxygen atoms in total. The van der Waals surface area contributed by atoms with Crippen molar-refractivity contribution in [2.45, 2.75) is 158 Å². The van der Waals surface area contributed by atoms with Crippen LogP contribution in [0.1, 0.15) is 90.4 Å². The average molecular weight is 655 g/mol. The Morgan fingerprint density at radius 2 is 1.24 bits per heavy atom. The average Bonchev–Trinajstić information content (AvgIpc) is 3.00. The molecule has 0 aromatic carbocycles. The number of ether oxygens (including phenoxy) is 5. The lowest BCUT2D eigenvalue weighted by molar-refractivity contribution is -0.360. The minimum atomic E-state index is -1.78. The summed E-state index contributed by atoms with van der Waals surface area (Å²) in [7, 11) is 0. The van der Waals surface area contributed by atoms with Crippen molar-refractivity contribution in [3.8, 4) is 0 Å². The van der Waals surface area contributed by atoms with Crippen LogP contribution in [0.15, 0.2) is 0 Å². The number of rotatable bonds is 22. The molecule has 0 radical (unpaired) electrons. The number of hydrogen-bond acceptors (Lipinski definition) is 14. The molecule has 0 spiro atoms. The van der Waals surface area contributed by atoms with Crippen molar-refractivity contribution in [1.82, 2.24) is 0 Å². The smallest absolute Gasteiger partial charge is 0.303 e. The van der Waals surface area contributed by atoms with E-state index in [9.17, 15) is 45.3 Å². The maximum absolute atomic E-state index is 11.4. The van der Waals surface area contributed by atoms with Gasteiger partial charge in [0.2, 0.25) is 0 Å². The first-order valence-electron chi connectivity index (χ1n) is 16.1. The molecule has 2 fully saturated rings. The number of carbonyl (C=O) groups excluding carboxylic acids is 1. The van der Waals surface area contributed by atoms with Gasteiger partial charge in [0.05, 0.1) is 19.3 Å². The fourth-order valence-corrected chi connectivity index (χ4v) is 5.42. The van der Waals surface area contributed by atoms with E-state index in [2.05, 4.69) is 0 Å². The third-order valence-corrected chi connectivity index (χ3v) is 8.11. The normalized spacial score (nSPS) is 32.7. The number of unbranched alkanes of at least 4 members (excludes halogenated alkanes) is 10. The number of aliphatic carboxylic acids is 1. The molecule has 0 amide bonds. The minimum absolute atomic E-state index is 0.195. The van der Waals surface area contributed by atoms with E-state index in [0.29, 0.717) is 6.42 Å². The van der Waals surface area contributed by atoms with Gasteiger partial charge in [0.15, 0.2) is 12.6 Å². The Kier molecular flexibility index (Phi) is 18.9. The standard InChI is InChI=1S/C30H54O15/c1-18(32)41-17-21-28(45-30-26(39)24(37)23(36)20(15-31)43-30)25(38)27(40)29(44-21)42-16-19(33)13-11-9-7-5-3-2-4-6-8-10-12-14-22(34)35/h19-21,23-31,33,36-40H,2-17H2,1H3,(H,34,35)/t19-,20-,21-,23-,24+,25-,26-,27-,28-,29-,30+/m1/s1. The molecule has 2 saturated heterocycles. The Morgan fingerprint density at radius 1 is 0.711 bits per heavy atom. The van der Waals surface area contributed by atoms with E-state index in [0.717, 1.165) is 77.6 Å². The van der Waals surface area contributed by atoms with E-state index >= 15 is 0 Å². The summed E-state index contributed by atoms with van der Waals surface area (Å²) in [6, 6.07) is 0. The highest BCUT2D eigenvalue weighted by molar-refractivity contribution is 5.66. The lowest BCUT2D eigenvalue weighted by Crippen LogP contribution is -2.65. The first-order chi connectivity index (χ1) is 21.5. The highest BCUT2D eigenvalue weighted by Crippen LogP contribution is 2.30. The van der Waals surface area contributed by atoms with Gasteiger partial charge in [0.1, 0.15) is 55.4 Å². The van der Waals surface area contributed by atoms with Crippen molar-refractivity contribution in [3.05, 3.63) is 0 Å². The fraction of sp³-hybridized carbons (Fsp3) is 0.933. The third-order valence-electron chi connectivity index (χ3n) is 8.11. The quantitative estimate of drug-likeness (QED) is 0.0553. The van der Waals surface area contributed by atoms with Crippen LogP contribution in [0.25, 0.3) is 0 Å². The van der Waals surface area contributed by atoms with E-state index < -0.39 is 92.7 Å². The molecule has 2 rings (SSSR count). The van der Waals surface area contributed by atoms with Crippen molar-refractivity contribution in [3.63, 3.8) is 0 Å². The Bertz CT molecular complexity index is 829. The summed E-state index contributed by atoms with van der Waals surface area (Å²) in [5.41, 5.74) is 0. The van der Waals surface area contributed by atoms with Crippen LogP contribution in [0.5, 0.6) is 0 Å². The van der Waals surface area contributed by atoms with Crippen LogP contribution in [0.4, 0.5) is 0 Å². The SMILES string of the molecule is CC(=O)OC[C@H]1O[C@@H](OC[C@H](O)CCCCCCCCCCCCCC(=O)O)[C@H](O)[C@@H](O)[C@@H]1O[C@@H]1O[C@H](CO)[C@@H](O)[C@H](O)[C@H]1O. The Labute approximate surface area is 264 Å². The molecule has 15 heteroatoms. The van der Waals surface area contributed by atoms with Gasteiger partial charge in [0.25, 0.3) is 0 Å². The van der Waals surface area contributed by atoms with Crippen LogP contribution in [-0.2, 0) is 33.3 Å². The molecule has 8 N–H and O–H groups in total. The Balaban J connectivity index is 1.72. The van der Waals surface area contributed by atoms with Crippen LogP contribution in [0.3, 0.4) is 0 Å². The molecule has 0 aliphatic carbocycles. The van der Waals surface area contributed by atoms with Gasteiger partial charge in [-0.2, -0.15) is 0 Å². The highest BCUT2D eigenvalue weighted by Gasteiger charge is 2.51. The predicted octanol–water partition coefficient (Wildman–Crippen LogP) is -0.285. The monoisotopic (exact) mass is 654 g/mol. The molecule has 2 aliphatic heterocycles. The lowest BCUT2D eigenvalue weighted by atomic mass is 9.97. The molecule has 0 bridgehead atoms. The van der Waals surface area contributed by atoms with Gasteiger partial charge >= 0.3 is 11.9 Å². The van der Waals surface area contributed by atoms with E-state index in [1.165, 1.54) is 0 Å². The largest absolute Gasteiger partial charge is 0.481 e. The lowest BCUT2D eigenvalue weighted by Gasteiger charge is -2.46. The van der Waals surface area contributed by atoms with Crippen molar-refractivity contribution in [1.29, 1.82) is 0 Å². The van der Waals surface area contributed by atoms with Crippen LogP contribution in [-0.4, -0.2) is 140 Å². The summed E-state index contributed by atoms with van der Waals surface area (Å²) >= 11 is 0. The second-order valence-electron chi connectivity index (χ2n) is 11.9. The number of aliphatic hydroxyl groups excluding tert-OH is 7. The fourth-order valence-electron chi connectivity index (χ4n) is 5.42. The molecule has 2 aliphatic rings. The predicted molar refractivity (Wildman–Crippen MR) is 156 cm³/mol. The second kappa shape index (κ2) is 21.4. The van der Waals surface area contributed by atoms with Crippen LogP contribution in [0, 0.1) is 0 Å². The number of esters is 1. The van der Waals surface area contributed by atoms with Crippen molar-refractivity contribution in [2.75, 3.05) is 19.8 Å². The number of carboxylic acid groups (broad SMARTS) is 1. The van der Waals surface area contributed by atoms with Gasteiger partial charge in [-0.1, -0.05) is 64.2 Å². The van der Waals surface area contributed by atoms with Gasteiger partial charge < -0.3 is 64.5 Å². The molecule has 0 aromatic heterocycles. The van der Waals surface area contributed by atoms with Crippen LogP contribution in [0.2, 0.25) is 0 Å². The first-order valence-corrected chi connectivity index (χ1v) is 16.1. The minimum Gasteiger partial charge on any atom is -0.481 e. The molecule has 45 heavy (non-hydrogen) atoms. The number of hydrogen-bond donors (Lipinski definition) is 8. The molecule has 0 unspecified atom stereocenters. The van der Waals surface area contributed by atoms with Crippen molar-refractivity contribution >= 4 is 11.9 Å². The zero-order valence-corrected chi connectivity index (χ0v) is 26.1. The van der Waals surface area contributed by atoms with Crippen molar-refractivity contribution < 1.29 is 74.1 Å². The van der Waals surface area contributed by atoms with Crippen molar-refractivity contribution in [2.24, 2.45) is 0 Å². The molecule has 2 heterocycles. The number of aliphatic hydroxyl groups is 7. The highest BCUT2D eigenvalue weighted by atomic mass is 16.7. The zero-order valence-electron chi connectivity index (χ0n) is 26.1. The van der Waals surface area contributed by atoms with Gasteiger partial charge in [-0.05, 0) is 12.8 Å². The molecular formula is C30H54O15. The summed E-state index contributed by atoms with van der Waals surface area (Å²) in [4.78, 5) is 22.0. The molecule has 0 aromatic rings. The summed E-state index contributed by atoms with van der Waals surface area (Å²) in [5, 5.41) is 80.4. The van der Waals surface area contributed by atoms with Crippen LogP contribution < -0.4 is 0 Å². The number of carboxylic acids is 1. The van der Waals surface area contributed by atoms with Gasteiger partial charge in [0, 0.05) is 13.3 Å². The second-order valence-corrected chi connectivity index (χ2v) is 11.9. The molecule has 264 valence electrons. The number of carbonyl (C=O) groups is 2. The summed E-state index contributed by atoms with van der Waals surface area (Å²) in [6.45, 7) is -0.177. The summed E-state index contributed by atoms with van der Waals surface area (Å²) in [5.74, 6) is -1.40. The van der Waals surface area contributed by atoms with E-state index in [4.69, 9.17) is 28.8 Å². The van der Waals surface area contributed by atoms with E-state index in [-0.39, 0.29) is 13.0 Å². The van der Waals surface area contributed by atoms with E-state index in [1.807, 2.05) is 0 Å².